The summed E-state index contributed by atoms with van der Waals surface area (Å²) in [5.74, 6) is 0.685. The summed E-state index contributed by atoms with van der Waals surface area (Å²) < 4.78 is 0. The molecule has 0 atom stereocenters. The Morgan fingerprint density at radius 1 is 1.07 bits per heavy atom. The fraction of sp³-hybridized carbons (Fsp3) is 0.429. The molecule has 2 aliphatic rings. The summed E-state index contributed by atoms with van der Waals surface area (Å²) in [5.41, 5.74) is 1.47. The molecule has 0 bridgehead atoms. The van der Waals surface area contributed by atoms with Gasteiger partial charge in [-0.1, -0.05) is 69.9 Å². The van der Waals surface area contributed by atoms with E-state index in [9.17, 15) is 0 Å². The molecule has 0 radical (unpaired) electrons. The first-order chi connectivity index (χ1) is 5.79. The van der Waals surface area contributed by atoms with Gasteiger partial charge in [-0.3, -0.25) is 0 Å². The average Bonchev–Trinajstić information content (AvgIpc) is 2.63. The molecule has 0 aliphatic heterocycles. The SMILES string of the molecule is C.C.CC1=CC=CC1.CC1C=CC=C1. The van der Waals surface area contributed by atoms with Gasteiger partial charge < -0.3 is 0 Å². The lowest BCUT2D eigenvalue weighted by Crippen LogP contribution is -1.72. The minimum atomic E-state index is 0. The standard InChI is InChI=1S/2C6H8.2CH4/c2*1-6-4-2-3-5-6;;/h2-4H,5H2,1H3;2-6H,1H3;2*1H4. The quantitative estimate of drug-likeness (QED) is 0.511. The second kappa shape index (κ2) is 8.55. The van der Waals surface area contributed by atoms with Gasteiger partial charge in [-0.2, -0.15) is 0 Å². The highest BCUT2D eigenvalue weighted by atomic mass is 14.0. The maximum absolute atomic E-state index is 2.17. The lowest BCUT2D eigenvalue weighted by Gasteiger charge is -1.84. The second-order valence-corrected chi connectivity index (χ2v) is 3.27. The summed E-state index contributed by atoms with van der Waals surface area (Å²) in [7, 11) is 0. The first-order valence-electron chi connectivity index (χ1n) is 4.46. The third-order valence-corrected chi connectivity index (χ3v) is 1.90. The Balaban J connectivity index is 0. The van der Waals surface area contributed by atoms with Crippen LogP contribution >= 0.6 is 0 Å². The van der Waals surface area contributed by atoms with Gasteiger partial charge in [0, 0.05) is 0 Å². The van der Waals surface area contributed by atoms with Crippen molar-refractivity contribution in [1.29, 1.82) is 0 Å². The van der Waals surface area contributed by atoms with Crippen molar-refractivity contribution in [3.63, 3.8) is 0 Å². The fourth-order valence-electron chi connectivity index (χ4n) is 1.10. The Labute approximate surface area is 89.7 Å². The minimum absolute atomic E-state index is 0. The zero-order chi connectivity index (χ0) is 8.81. The molecule has 2 aliphatic carbocycles. The van der Waals surface area contributed by atoms with Crippen LogP contribution in [0.5, 0.6) is 0 Å². The van der Waals surface area contributed by atoms with Gasteiger partial charge in [0.1, 0.15) is 0 Å². The van der Waals surface area contributed by atoms with E-state index in [4.69, 9.17) is 0 Å². The van der Waals surface area contributed by atoms with Gasteiger partial charge in [0.2, 0.25) is 0 Å². The maximum Gasteiger partial charge on any atom is -0.00756 e. The molecule has 0 spiro atoms. The molecule has 0 saturated carbocycles. The summed E-state index contributed by atoms with van der Waals surface area (Å²) in [6, 6.07) is 0. The summed E-state index contributed by atoms with van der Waals surface area (Å²) in [6.07, 6.45) is 16.0. The van der Waals surface area contributed by atoms with Crippen molar-refractivity contribution in [2.75, 3.05) is 0 Å². The Bertz CT molecular complexity index is 227. The van der Waals surface area contributed by atoms with Crippen molar-refractivity contribution in [2.45, 2.75) is 35.1 Å². The molecule has 0 aromatic heterocycles. The normalized spacial score (nSPS) is 16.6. The van der Waals surface area contributed by atoms with Crippen LogP contribution in [0.4, 0.5) is 0 Å². The lowest BCUT2D eigenvalue weighted by atomic mass is 10.2. The monoisotopic (exact) mass is 192 g/mol. The summed E-state index contributed by atoms with van der Waals surface area (Å²) in [5, 5.41) is 0. The van der Waals surface area contributed by atoms with Crippen LogP contribution in [0, 0.1) is 5.92 Å². The van der Waals surface area contributed by atoms with Gasteiger partial charge in [-0.15, -0.1) is 0 Å². The van der Waals surface area contributed by atoms with Crippen molar-refractivity contribution in [2.24, 2.45) is 5.92 Å². The molecule has 0 aromatic carbocycles. The van der Waals surface area contributed by atoms with E-state index in [1.54, 1.807) is 0 Å². The molecule has 0 heterocycles. The molecule has 0 aromatic rings. The predicted molar refractivity (Wildman–Crippen MR) is 68.4 cm³/mol. The third kappa shape index (κ3) is 6.47. The first-order valence-corrected chi connectivity index (χ1v) is 4.46. The molecule has 0 nitrogen and oxygen atoms in total. The van der Waals surface area contributed by atoms with E-state index in [0.29, 0.717) is 5.92 Å². The van der Waals surface area contributed by atoms with Crippen molar-refractivity contribution in [3.05, 3.63) is 48.1 Å². The molecule has 0 N–H and O–H groups in total. The molecule has 0 unspecified atom stereocenters. The number of hydrogen-bond acceptors (Lipinski definition) is 0. The molecular formula is C14H24. The Hall–Kier alpha value is -1.04. The van der Waals surface area contributed by atoms with Crippen LogP contribution in [-0.4, -0.2) is 0 Å². The molecule has 0 heteroatoms. The van der Waals surface area contributed by atoms with Gasteiger partial charge in [-0.25, -0.2) is 0 Å². The van der Waals surface area contributed by atoms with E-state index in [1.165, 1.54) is 12.0 Å². The van der Waals surface area contributed by atoms with Crippen LogP contribution in [0.3, 0.4) is 0 Å². The third-order valence-electron chi connectivity index (χ3n) is 1.90. The van der Waals surface area contributed by atoms with Crippen LogP contribution < -0.4 is 0 Å². The zero-order valence-corrected chi connectivity index (χ0v) is 7.83. The first kappa shape index (κ1) is 15.4. The topological polar surface area (TPSA) is 0 Å². The highest BCUT2D eigenvalue weighted by Gasteiger charge is 1.89. The van der Waals surface area contributed by atoms with Gasteiger partial charge in [-0.05, 0) is 19.3 Å². The van der Waals surface area contributed by atoms with E-state index in [-0.39, 0.29) is 14.9 Å². The summed E-state index contributed by atoms with van der Waals surface area (Å²) in [4.78, 5) is 0. The highest BCUT2D eigenvalue weighted by molar-refractivity contribution is 5.20. The number of hydrogen-bond donors (Lipinski definition) is 0. The summed E-state index contributed by atoms with van der Waals surface area (Å²) >= 11 is 0. The van der Waals surface area contributed by atoms with E-state index >= 15 is 0 Å². The second-order valence-electron chi connectivity index (χ2n) is 3.27. The van der Waals surface area contributed by atoms with Crippen LogP contribution in [0.1, 0.15) is 35.1 Å². The van der Waals surface area contributed by atoms with Crippen LogP contribution in [0.2, 0.25) is 0 Å². The Morgan fingerprint density at radius 2 is 1.64 bits per heavy atom. The zero-order valence-electron chi connectivity index (χ0n) is 7.83. The molecule has 14 heavy (non-hydrogen) atoms. The minimum Gasteiger partial charge on any atom is -0.0805 e. The summed E-state index contributed by atoms with van der Waals surface area (Å²) in [6.45, 7) is 4.31. The van der Waals surface area contributed by atoms with E-state index in [2.05, 4.69) is 56.4 Å². The van der Waals surface area contributed by atoms with Crippen LogP contribution in [0.15, 0.2) is 48.1 Å². The molecule has 2 rings (SSSR count). The smallest absolute Gasteiger partial charge is 0.00756 e. The maximum atomic E-state index is 2.17. The molecule has 0 amide bonds. The van der Waals surface area contributed by atoms with Crippen LogP contribution in [0.25, 0.3) is 0 Å². The van der Waals surface area contributed by atoms with E-state index < -0.39 is 0 Å². The average molecular weight is 192 g/mol. The number of rotatable bonds is 0. The van der Waals surface area contributed by atoms with Crippen molar-refractivity contribution < 1.29 is 0 Å². The molecular weight excluding hydrogens is 168 g/mol. The Kier molecular flexibility index (Phi) is 9.43. The van der Waals surface area contributed by atoms with Crippen molar-refractivity contribution in [3.8, 4) is 0 Å². The van der Waals surface area contributed by atoms with Crippen molar-refractivity contribution in [1.82, 2.24) is 0 Å². The van der Waals surface area contributed by atoms with E-state index in [0.717, 1.165) is 0 Å². The van der Waals surface area contributed by atoms with Gasteiger partial charge in [0.15, 0.2) is 0 Å². The van der Waals surface area contributed by atoms with Crippen molar-refractivity contribution >= 4 is 0 Å². The van der Waals surface area contributed by atoms with E-state index in [1.807, 2.05) is 0 Å². The van der Waals surface area contributed by atoms with Gasteiger partial charge in [0.25, 0.3) is 0 Å². The van der Waals surface area contributed by atoms with Gasteiger partial charge in [0.05, 0.1) is 0 Å². The Morgan fingerprint density at radius 3 is 1.79 bits per heavy atom. The largest absolute Gasteiger partial charge is 0.0805 e. The number of allylic oxidation sites excluding steroid dienone is 8. The lowest BCUT2D eigenvalue weighted by molar-refractivity contribution is 0.958. The fourth-order valence-corrected chi connectivity index (χ4v) is 1.10. The van der Waals surface area contributed by atoms with Crippen LogP contribution in [-0.2, 0) is 0 Å². The predicted octanol–water partition coefficient (Wildman–Crippen LogP) is 4.91. The molecule has 0 saturated heterocycles. The molecule has 0 fully saturated rings. The van der Waals surface area contributed by atoms with Gasteiger partial charge >= 0.3 is 0 Å². The highest BCUT2D eigenvalue weighted by Crippen LogP contribution is 2.06. The molecule has 80 valence electrons.